The van der Waals surface area contributed by atoms with E-state index in [0.717, 1.165) is 10.4 Å². The zero-order valence-corrected chi connectivity index (χ0v) is 12.2. The molecule has 5 heteroatoms. The van der Waals surface area contributed by atoms with E-state index in [-0.39, 0.29) is 5.91 Å². The van der Waals surface area contributed by atoms with Crippen LogP contribution in [0.1, 0.15) is 10.4 Å². The van der Waals surface area contributed by atoms with Crippen molar-refractivity contribution in [1.29, 1.82) is 0 Å². The van der Waals surface area contributed by atoms with Crippen LogP contribution in [0.4, 0.5) is 5.69 Å². The highest BCUT2D eigenvalue weighted by Crippen LogP contribution is 2.20. The van der Waals surface area contributed by atoms with Gasteiger partial charge in [0.15, 0.2) is 0 Å². The Morgan fingerprint density at radius 2 is 2.21 bits per heavy atom. The van der Waals surface area contributed by atoms with Crippen LogP contribution >= 0.6 is 22.9 Å². The number of halogens is 1. The molecule has 0 aliphatic heterocycles. The summed E-state index contributed by atoms with van der Waals surface area (Å²) >= 11 is 7.68. The molecule has 1 heterocycles. The number of hydrogen-bond acceptors (Lipinski definition) is 3. The molecular weight excluding hydrogens is 280 g/mol. The summed E-state index contributed by atoms with van der Waals surface area (Å²) in [6, 6.07) is 9.21. The van der Waals surface area contributed by atoms with E-state index in [9.17, 15) is 4.79 Å². The van der Waals surface area contributed by atoms with Crippen LogP contribution in [-0.2, 0) is 17.8 Å². The number of benzene rings is 1. The summed E-state index contributed by atoms with van der Waals surface area (Å²) in [6.07, 6.45) is 0.425. The van der Waals surface area contributed by atoms with Crippen LogP contribution in [0.3, 0.4) is 0 Å². The van der Waals surface area contributed by atoms with Gasteiger partial charge in [-0.05, 0) is 35.2 Å². The summed E-state index contributed by atoms with van der Waals surface area (Å²) in [5, 5.41) is 2.60. The maximum absolute atomic E-state index is 12.1. The maximum atomic E-state index is 12.1. The number of likely N-dealkylation sites (N-methyl/N-ethyl adjacent to an activating group) is 1. The van der Waals surface area contributed by atoms with Crippen molar-refractivity contribution < 1.29 is 4.79 Å². The summed E-state index contributed by atoms with van der Waals surface area (Å²) in [4.78, 5) is 14.8. The second-order valence-corrected chi connectivity index (χ2v) is 5.80. The van der Waals surface area contributed by atoms with Crippen molar-refractivity contribution >= 4 is 34.5 Å². The van der Waals surface area contributed by atoms with Gasteiger partial charge in [0.25, 0.3) is 0 Å². The van der Waals surface area contributed by atoms with E-state index in [1.165, 1.54) is 0 Å². The number of nitrogens with two attached hydrogens (primary N) is 1. The van der Waals surface area contributed by atoms with Crippen molar-refractivity contribution in [1.82, 2.24) is 4.90 Å². The standard InChI is InChI=1S/C14H15ClN2OS/c1-17(14(18)8-12-3-2-6-19-12)9-10-7-11(16)4-5-13(10)15/h2-7H,8-9,16H2,1H3. The highest BCUT2D eigenvalue weighted by Gasteiger charge is 2.12. The normalized spacial score (nSPS) is 10.4. The number of nitrogens with zero attached hydrogens (tertiary/aromatic N) is 1. The molecule has 0 saturated carbocycles. The first-order chi connectivity index (χ1) is 9.06. The summed E-state index contributed by atoms with van der Waals surface area (Å²) in [7, 11) is 1.77. The van der Waals surface area contributed by atoms with E-state index in [4.69, 9.17) is 17.3 Å². The number of hydrogen-bond donors (Lipinski definition) is 1. The van der Waals surface area contributed by atoms with Crippen LogP contribution in [0.2, 0.25) is 5.02 Å². The third-order valence-electron chi connectivity index (χ3n) is 2.81. The van der Waals surface area contributed by atoms with Crippen LogP contribution < -0.4 is 5.73 Å². The number of thiophene rings is 1. The summed E-state index contributed by atoms with van der Waals surface area (Å²) < 4.78 is 0. The molecule has 1 amide bonds. The summed E-state index contributed by atoms with van der Waals surface area (Å²) in [5.41, 5.74) is 7.24. The smallest absolute Gasteiger partial charge is 0.227 e. The predicted octanol–water partition coefficient (Wildman–Crippen LogP) is 3.18. The average Bonchev–Trinajstić information content (AvgIpc) is 2.86. The second-order valence-electron chi connectivity index (χ2n) is 4.36. The Hall–Kier alpha value is -1.52. The highest BCUT2D eigenvalue weighted by atomic mass is 35.5. The molecule has 0 unspecified atom stereocenters. The minimum Gasteiger partial charge on any atom is -0.399 e. The first-order valence-electron chi connectivity index (χ1n) is 5.86. The van der Waals surface area contributed by atoms with E-state index in [1.807, 2.05) is 17.5 Å². The van der Waals surface area contributed by atoms with Crippen molar-refractivity contribution in [2.75, 3.05) is 12.8 Å². The predicted molar refractivity (Wildman–Crippen MR) is 80.4 cm³/mol. The Morgan fingerprint density at radius 1 is 1.42 bits per heavy atom. The lowest BCUT2D eigenvalue weighted by Crippen LogP contribution is -2.27. The lowest BCUT2D eigenvalue weighted by atomic mass is 10.2. The number of anilines is 1. The lowest BCUT2D eigenvalue weighted by Gasteiger charge is -2.18. The van der Waals surface area contributed by atoms with Gasteiger partial charge in [-0.15, -0.1) is 11.3 Å². The van der Waals surface area contributed by atoms with Gasteiger partial charge in [0.2, 0.25) is 5.91 Å². The fraction of sp³-hybridized carbons (Fsp3) is 0.214. The third-order valence-corrected chi connectivity index (χ3v) is 4.05. The molecule has 2 N–H and O–H groups in total. The molecule has 0 radical (unpaired) electrons. The van der Waals surface area contributed by atoms with Crippen molar-refractivity contribution in [3.8, 4) is 0 Å². The first-order valence-corrected chi connectivity index (χ1v) is 7.12. The van der Waals surface area contributed by atoms with Gasteiger partial charge in [0, 0.05) is 29.2 Å². The van der Waals surface area contributed by atoms with Crippen LogP contribution in [0, 0.1) is 0 Å². The molecule has 0 saturated heterocycles. The van der Waals surface area contributed by atoms with Gasteiger partial charge >= 0.3 is 0 Å². The number of nitrogen functional groups attached to an aromatic ring is 1. The van der Waals surface area contributed by atoms with Crippen molar-refractivity contribution in [2.24, 2.45) is 0 Å². The van der Waals surface area contributed by atoms with Crippen molar-refractivity contribution in [2.45, 2.75) is 13.0 Å². The molecule has 2 aromatic rings. The molecule has 0 aliphatic rings. The topological polar surface area (TPSA) is 46.3 Å². The third kappa shape index (κ3) is 3.72. The van der Waals surface area contributed by atoms with Crippen LogP contribution in [-0.4, -0.2) is 17.9 Å². The number of carbonyl (C=O) groups excluding carboxylic acids is 1. The van der Waals surface area contributed by atoms with Gasteiger partial charge in [-0.2, -0.15) is 0 Å². The van der Waals surface area contributed by atoms with Gasteiger partial charge in [0.1, 0.15) is 0 Å². The minimum absolute atomic E-state index is 0.0703. The first kappa shape index (κ1) is 13.9. The summed E-state index contributed by atoms with van der Waals surface area (Å²) in [6.45, 7) is 0.466. The Balaban J connectivity index is 2.02. The van der Waals surface area contributed by atoms with Gasteiger partial charge in [-0.1, -0.05) is 17.7 Å². The van der Waals surface area contributed by atoms with Gasteiger partial charge in [0.05, 0.1) is 6.42 Å². The number of amides is 1. The lowest BCUT2D eigenvalue weighted by molar-refractivity contribution is -0.129. The maximum Gasteiger partial charge on any atom is 0.227 e. The molecule has 1 aromatic heterocycles. The van der Waals surface area contributed by atoms with Gasteiger partial charge in [-0.25, -0.2) is 0 Å². The molecule has 0 spiro atoms. The fourth-order valence-electron chi connectivity index (χ4n) is 1.76. The minimum atomic E-state index is 0.0703. The zero-order valence-electron chi connectivity index (χ0n) is 10.6. The monoisotopic (exact) mass is 294 g/mol. The van der Waals surface area contributed by atoms with Crippen LogP contribution in [0.5, 0.6) is 0 Å². The molecular formula is C14H15ClN2OS. The molecule has 0 fully saturated rings. The molecule has 19 heavy (non-hydrogen) atoms. The van der Waals surface area contributed by atoms with E-state index in [1.54, 1.807) is 41.5 Å². The van der Waals surface area contributed by atoms with Crippen molar-refractivity contribution in [3.05, 3.63) is 51.2 Å². The Labute approximate surface area is 121 Å². The quantitative estimate of drug-likeness (QED) is 0.880. The molecule has 1 aromatic carbocycles. The molecule has 0 aliphatic carbocycles. The summed E-state index contributed by atoms with van der Waals surface area (Å²) in [5.74, 6) is 0.0703. The molecule has 0 bridgehead atoms. The van der Waals surface area contributed by atoms with E-state index in [2.05, 4.69) is 0 Å². The van der Waals surface area contributed by atoms with Gasteiger partial charge < -0.3 is 10.6 Å². The molecule has 2 rings (SSSR count). The largest absolute Gasteiger partial charge is 0.399 e. The number of carbonyl (C=O) groups is 1. The van der Waals surface area contributed by atoms with E-state index in [0.29, 0.717) is 23.7 Å². The molecule has 0 atom stereocenters. The molecule has 3 nitrogen and oxygen atoms in total. The number of rotatable bonds is 4. The van der Waals surface area contributed by atoms with Crippen LogP contribution in [0.15, 0.2) is 35.7 Å². The fourth-order valence-corrected chi connectivity index (χ4v) is 2.63. The van der Waals surface area contributed by atoms with E-state index < -0.39 is 0 Å². The Bertz CT molecular complexity index is 569. The Kier molecular flexibility index (Phi) is 4.45. The van der Waals surface area contributed by atoms with E-state index >= 15 is 0 Å². The highest BCUT2D eigenvalue weighted by molar-refractivity contribution is 7.10. The Morgan fingerprint density at radius 3 is 2.89 bits per heavy atom. The van der Waals surface area contributed by atoms with Crippen LogP contribution in [0.25, 0.3) is 0 Å². The second kappa shape index (κ2) is 6.08. The molecule has 100 valence electrons. The average molecular weight is 295 g/mol. The van der Waals surface area contributed by atoms with Crippen molar-refractivity contribution in [3.63, 3.8) is 0 Å². The van der Waals surface area contributed by atoms with Gasteiger partial charge in [-0.3, -0.25) is 4.79 Å². The zero-order chi connectivity index (χ0) is 13.8. The SMILES string of the molecule is CN(Cc1cc(N)ccc1Cl)C(=O)Cc1cccs1.